The molecule has 1 aliphatic rings. The van der Waals surface area contributed by atoms with Crippen LogP contribution in [-0.2, 0) is 10.2 Å². The second kappa shape index (κ2) is 8.81. The first-order valence-electron chi connectivity index (χ1n) is 9.49. The second-order valence-electron chi connectivity index (χ2n) is 7.60. The lowest BCUT2D eigenvalue weighted by Crippen LogP contribution is -2.44. The molecule has 1 aliphatic heterocycles. The van der Waals surface area contributed by atoms with Gasteiger partial charge in [-0.25, -0.2) is 4.39 Å². The van der Waals surface area contributed by atoms with Gasteiger partial charge in [0.15, 0.2) is 0 Å². The topological polar surface area (TPSA) is 32.3 Å². The SMILES string of the molecule is CC(c1cc(Cl)cc(Cl)c1)N(C)C(=O)CC1(c2ccc(F)cc2)CCNCC1. The van der Waals surface area contributed by atoms with Crippen molar-refractivity contribution in [2.45, 2.75) is 37.6 Å². The predicted octanol–water partition coefficient (Wildman–Crippen LogP) is 5.36. The summed E-state index contributed by atoms with van der Waals surface area (Å²) in [4.78, 5) is 15.0. The monoisotopic (exact) mass is 422 g/mol. The van der Waals surface area contributed by atoms with Crippen LogP contribution in [0.1, 0.15) is 43.4 Å². The van der Waals surface area contributed by atoms with Gasteiger partial charge in [0.25, 0.3) is 0 Å². The van der Waals surface area contributed by atoms with Crippen molar-refractivity contribution < 1.29 is 9.18 Å². The minimum absolute atomic E-state index is 0.0508. The van der Waals surface area contributed by atoms with Gasteiger partial charge in [0, 0.05) is 28.9 Å². The molecule has 1 amide bonds. The lowest BCUT2D eigenvalue weighted by atomic mass is 9.70. The van der Waals surface area contributed by atoms with Crippen molar-refractivity contribution in [1.82, 2.24) is 10.2 Å². The minimum Gasteiger partial charge on any atom is -0.339 e. The number of carbonyl (C=O) groups is 1. The van der Waals surface area contributed by atoms with Crippen LogP contribution in [0.3, 0.4) is 0 Å². The van der Waals surface area contributed by atoms with Crippen molar-refractivity contribution in [3.05, 3.63) is 69.5 Å². The fraction of sp³-hybridized carbons (Fsp3) is 0.409. The third kappa shape index (κ3) is 4.68. The summed E-state index contributed by atoms with van der Waals surface area (Å²) in [5, 5.41) is 4.46. The Balaban J connectivity index is 1.82. The van der Waals surface area contributed by atoms with E-state index in [-0.39, 0.29) is 23.2 Å². The van der Waals surface area contributed by atoms with E-state index >= 15 is 0 Å². The Hall–Kier alpha value is -1.62. The van der Waals surface area contributed by atoms with E-state index in [0.29, 0.717) is 16.5 Å². The highest BCUT2D eigenvalue weighted by Crippen LogP contribution is 2.38. The van der Waals surface area contributed by atoms with Crippen molar-refractivity contribution >= 4 is 29.1 Å². The zero-order chi connectivity index (χ0) is 20.3. The second-order valence-corrected chi connectivity index (χ2v) is 8.47. The summed E-state index contributed by atoms with van der Waals surface area (Å²) < 4.78 is 13.4. The molecule has 1 fully saturated rings. The maximum Gasteiger partial charge on any atom is 0.223 e. The van der Waals surface area contributed by atoms with Crippen LogP contribution >= 0.6 is 23.2 Å². The zero-order valence-electron chi connectivity index (χ0n) is 16.1. The first-order chi connectivity index (χ1) is 13.3. The molecule has 1 heterocycles. The third-order valence-corrected chi connectivity index (χ3v) is 6.28. The Morgan fingerprint density at radius 2 is 1.71 bits per heavy atom. The number of nitrogens with one attached hydrogen (secondary N) is 1. The molecule has 0 saturated carbocycles. The molecule has 28 heavy (non-hydrogen) atoms. The number of rotatable bonds is 5. The zero-order valence-corrected chi connectivity index (χ0v) is 17.7. The van der Waals surface area contributed by atoms with Gasteiger partial charge in [-0.1, -0.05) is 35.3 Å². The van der Waals surface area contributed by atoms with Crippen LogP contribution < -0.4 is 5.32 Å². The average Bonchev–Trinajstić information content (AvgIpc) is 2.67. The van der Waals surface area contributed by atoms with E-state index in [2.05, 4.69) is 5.32 Å². The number of hydrogen-bond acceptors (Lipinski definition) is 2. The van der Waals surface area contributed by atoms with Gasteiger partial charge in [-0.05, 0) is 74.3 Å². The highest BCUT2D eigenvalue weighted by Gasteiger charge is 2.37. The standard InChI is InChI=1S/C22H25Cl2FN2O/c1-15(16-11-18(23)13-19(24)12-16)27(2)21(28)14-22(7-9-26-10-8-22)17-3-5-20(25)6-4-17/h3-6,11-13,15,26H,7-10,14H2,1-2H3. The molecule has 1 saturated heterocycles. The fourth-order valence-electron chi connectivity index (χ4n) is 3.95. The maximum atomic E-state index is 13.4. The van der Waals surface area contributed by atoms with E-state index in [1.54, 1.807) is 18.0 Å². The summed E-state index contributed by atoms with van der Waals surface area (Å²) in [6.07, 6.45) is 2.07. The Morgan fingerprint density at radius 3 is 2.29 bits per heavy atom. The van der Waals surface area contributed by atoms with Gasteiger partial charge in [0.05, 0.1) is 6.04 Å². The van der Waals surface area contributed by atoms with Gasteiger partial charge in [-0.3, -0.25) is 4.79 Å². The van der Waals surface area contributed by atoms with Crippen LogP contribution in [0, 0.1) is 5.82 Å². The Labute approximate surface area is 175 Å². The van der Waals surface area contributed by atoms with Crippen LogP contribution in [0.15, 0.2) is 42.5 Å². The normalized spacial score (nSPS) is 17.2. The van der Waals surface area contributed by atoms with Gasteiger partial charge in [-0.2, -0.15) is 0 Å². The molecule has 0 aliphatic carbocycles. The van der Waals surface area contributed by atoms with Crippen LogP contribution in [0.5, 0.6) is 0 Å². The first-order valence-corrected chi connectivity index (χ1v) is 10.2. The third-order valence-electron chi connectivity index (χ3n) is 5.85. The molecular formula is C22H25Cl2FN2O. The summed E-state index contributed by atoms with van der Waals surface area (Å²) in [6.45, 7) is 3.65. The van der Waals surface area contributed by atoms with Gasteiger partial charge in [0.2, 0.25) is 5.91 Å². The van der Waals surface area contributed by atoms with Gasteiger partial charge < -0.3 is 10.2 Å². The van der Waals surface area contributed by atoms with E-state index < -0.39 is 0 Å². The van der Waals surface area contributed by atoms with Crippen LogP contribution in [0.4, 0.5) is 4.39 Å². The van der Waals surface area contributed by atoms with Crippen LogP contribution in [-0.4, -0.2) is 30.9 Å². The van der Waals surface area contributed by atoms with Gasteiger partial charge in [-0.15, -0.1) is 0 Å². The number of amides is 1. The molecule has 2 aromatic rings. The summed E-state index contributed by atoms with van der Waals surface area (Å²) in [5.74, 6) is -0.211. The number of halogens is 3. The summed E-state index contributed by atoms with van der Waals surface area (Å²) in [7, 11) is 1.81. The summed E-state index contributed by atoms with van der Waals surface area (Å²) in [6, 6.07) is 11.8. The molecule has 0 radical (unpaired) electrons. The smallest absolute Gasteiger partial charge is 0.223 e. The van der Waals surface area contributed by atoms with E-state index in [1.165, 1.54) is 12.1 Å². The Kier molecular flexibility index (Phi) is 6.64. The van der Waals surface area contributed by atoms with E-state index in [0.717, 1.165) is 37.1 Å². The highest BCUT2D eigenvalue weighted by molar-refractivity contribution is 6.34. The average molecular weight is 423 g/mol. The molecule has 3 rings (SSSR count). The van der Waals surface area contributed by atoms with Crippen molar-refractivity contribution in [3.8, 4) is 0 Å². The molecule has 2 aromatic carbocycles. The minimum atomic E-state index is -0.282. The molecule has 1 atom stereocenters. The van der Waals surface area contributed by atoms with Crippen molar-refractivity contribution in [2.75, 3.05) is 20.1 Å². The molecule has 6 heteroatoms. The number of nitrogens with zero attached hydrogens (tertiary/aromatic N) is 1. The van der Waals surface area contributed by atoms with Crippen LogP contribution in [0.2, 0.25) is 10.0 Å². The van der Waals surface area contributed by atoms with Gasteiger partial charge >= 0.3 is 0 Å². The molecular weight excluding hydrogens is 398 g/mol. The van der Waals surface area contributed by atoms with Crippen LogP contribution in [0.25, 0.3) is 0 Å². The van der Waals surface area contributed by atoms with Crippen molar-refractivity contribution in [3.63, 3.8) is 0 Å². The largest absolute Gasteiger partial charge is 0.339 e. The van der Waals surface area contributed by atoms with Gasteiger partial charge in [0.1, 0.15) is 5.82 Å². The van der Waals surface area contributed by atoms with Crippen molar-refractivity contribution in [1.29, 1.82) is 0 Å². The Morgan fingerprint density at radius 1 is 1.14 bits per heavy atom. The molecule has 1 unspecified atom stereocenters. The lowest BCUT2D eigenvalue weighted by molar-refractivity contribution is -0.133. The summed E-state index contributed by atoms with van der Waals surface area (Å²) in [5.41, 5.74) is 1.64. The summed E-state index contributed by atoms with van der Waals surface area (Å²) >= 11 is 12.2. The van der Waals surface area contributed by atoms with E-state index in [1.807, 2.05) is 31.2 Å². The number of piperidine rings is 1. The number of hydrogen-bond donors (Lipinski definition) is 1. The lowest BCUT2D eigenvalue weighted by Gasteiger charge is -2.39. The quantitative estimate of drug-likeness (QED) is 0.702. The molecule has 1 N–H and O–H groups in total. The van der Waals surface area contributed by atoms with Crippen molar-refractivity contribution in [2.24, 2.45) is 0 Å². The number of carbonyl (C=O) groups excluding carboxylic acids is 1. The highest BCUT2D eigenvalue weighted by atomic mass is 35.5. The number of benzene rings is 2. The predicted molar refractivity (Wildman–Crippen MR) is 112 cm³/mol. The molecule has 150 valence electrons. The van der Waals surface area contributed by atoms with E-state index in [4.69, 9.17) is 23.2 Å². The molecule has 0 spiro atoms. The first kappa shape index (κ1) is 21.1. The fourth-order valence-corrected chi connectivity index (χ4v) is 4.49. The maximum absolute atomic E-state index is 13.4. The molecule has 3 nitrogen and oxygen atoms in total. The Bertz CT molecular complexity index is 815. The molecule has 0 aromatic heterocycles. The molecule has 0 bridgehead atoms. The van der Waals surface area contributed by atoms with E-state index in [9.17, 15) is 9.18 Å².